The van der Waals surface area contributed by atoms with Gasteiger partial charge in [-0.25, -0.2) is 4.68 Å². The van der Waals surface area contributed by atoms with Crippen molar-refractivity contribution >= 4 is 17.3 Å². The molecule has 0 amide bonds. The van der Waals surface area contributed by atoms with E-state index >= 15 is 0 Å². The number of anilines is 1. The van der Waals surface area contributed by atoms with Crippen LogP contribution < -0.4 is 4.90 Å². The fourth-order valence-electron chi connectivity index (χ4n) is 3.91. The van der Waals surface area contributed by atoms with E-state index in [4.69, 9.17) is 16.7 Å². The van der Waals surface area contributed by atoms with Gasteiger partial charge in [0.25, 0.3) is 0 Å². The number of hydrogen-bond donors (Lipinski definition) is 0. The minimum atomic E-state index is 0.857. The Bertz CT molecular complexity index is 911. The first-order valence-corrected chi connectivity index (χ1v) is 9.83. The molecule has 27 heavy (non-hydrogen) atoms. The number of aryl methyl sites for hydroxylation is 1. The molecule has 1 saturated heterocycles. The van der Waals surface area contributed by atoms with Crippen LogP contribution in [-0.4, -0.2) is 40.9 Å². The van der Waals surface area contributed by atoms with Gasteiger partial charge in [0.15, 0.2) is 0 Å². The third kappa shape index (κ3) is 3.73. The highest BCUT2D eigenvalue weighted by atomic mass is 35.5. The van der Waals surface area contributed by atoms with Crippen LogP contribution in [0.15, 0.2) is 54.6 Å². The molecule has 2 aromatic carbocycles. The van der Waals surface area contributed by atoms with Crippen LogP contribution in [0, 0.1) is 13.8 Å². The molecule has 0 saturated carbocycles. The van der Waals surface area contributed by atoms with E-state index in [9.17, 15) is 0 Å². The molecule has 1 aliphatic rings. The minimum Gasteiger partial charge on any atom is -0.366 e. The van der Waals surface area contributed by atoms with E-state index in [1.54, 1.807) is 0 Å². The molecule has 0 unspecified atom stereocenters. The van der Waals surface area contributed by atoms with Gasteiger partial charge in [-0.1, -0.05) is 48.0 Å². The number of rotatable bonds is 4. The van der Waals surface area contributed by atoms with Crippen LogP contribution in [0.2, 0.25) is 5.02 Å². The highest BCUT2D eigenvalue weighted by Gasteiger charge is 2.23. The first-order chi connectivity index (χ1) is 13.1. The summed E-state index contributed by atoms with van der Waals surface area (Å²) in [4.78, 5) is 4.95. The van der Waals surface area contributed by atoms with Gasteiger partial charge in [0.2, 0.25) is 0 Å². The minimum absolute atomic E-state index is 0.857. The Balaban J connectivity index is 1.47. The number of halogens is 1. The van der Waals surface area contributed by atoms with Gasteiger partial charge < -0.3 is 4.90 Å². The van der Waals surface area contributed by atoms with Crippen molar-refractivity contribution in [2.45, 2.75) is 20.4 Å². The summed E-state index contributed by atoms with van der Waals surface area (Å²) >= 11 is 6.32. The Morgan fingerprint density at radius 1 is 0.889 bits per heavy atom. The summed E-state index contributed by atoms with van der Waals surface area (Å²) in [5, 5.41) is 5.66. The lowest BCUT2D eigenvalue weighted by molar-refractivity contribution is 0.250. The van der Waals surface area contributed by atoms with Crippen molar-refractivity contribution < 1.29 is 0 Å². The van der Waals surface area contributed by atoms with Gasteiger partial charge >= 0.3 is 0 Å². The Kier molecular flexibility index (Phi) is 5.19. The van der Waals surface area contributed by atoms with Gasteiger partial charge in [0, 0.05) is 37.7 Å². The monoisotopic (exact) mass is 380 g/mol. The van der Waals surface area contributed by atoms with Gasteiger partial charge in [-0.15, -0.1) is 0 Å². The zero-order valence-corrected chi connectivity index (χ0v) is 16.7. The Morgan fingerprint density at radius 3 is 2.26 bits per heavy atom. The van der Waals surface area contributed by atoms with Gasteiger partial charge in [-0.3, -0.25) is 4.90 Å². The molecule has 0 atom stereocenters. The molecule has 1 fully saturated rings. The Morgan fingerprint density at radius 2 is 1.56 bits per heavy atom. The van der Waals surface area contributed by atoms with Gasteiger partial charge in [-0.05, 0) is 37.6 Å². The molecule has 2 heterocycles. The molecular weight excluding hydrogens is 356 g/mol. The normalized spacial score (nSPS) is 15.3. The zero-order valence-electron chi connectivity index (χ0n) is 15.9. The fraction of sp³-hybridized carbons (Fsp3) is 0.318. The van der Waals surface area contributed by atoms with Crippen LogP contribution in [0.25, 0.3) is 5.69 Å². The highest BCUT2D eigenvalue weighted by Crippen LogP contribution is 2.28. The number of nitrogens with zero attached hydrogens (tertiary/aromatic N) is 4. The second kappa shape index (κ2) is 7.75. The molecule has 0 aliphatic carbocycles. The first kappa shape index (κ1) is 18.1. The fourth-order valence-corrected chi connectivity index (χ4v) is 4.11. The Labute approximate surface area is 166 Å². The summed E-state index contributed by atoms with van der Waals surface area (Å²) in [7, 11) is 0. The number of benzene rings is 2. The van der Waals surface area contributed by atoms with Gasteiger partial charge in [0.1, 0.15) is 0 Å². The van der Waals surface area contributed by atoms with Crippen LogP contribution in [0.1, 0.15) is 17.0 Å². The first-order valence-electron chi connectivity index (χ1n) is 9.46. The van der Waals surface area contributed by atoms with Crippen molar-refractivity contribution in [3.8, 4) is 5.69 Å². The molecule has 4 nitrogen and oxygen atoms in total. The molecule has 5 heteroatoms. The van der Waals surface area contributed by atoms with Crippen LogP contribution >= 0.6 is 11.6 Å². The average molecular weight is 381 g/mol. The summed E-state index contributed by atoms with van der Waals surface area (Å²) in [5.41, 5.74) is 5.89. The summed E-state index contributed by atoms with van der Waals surface area (Å²) in [6.07, 6.45) is 0. The quantitative estimate of drug-likeness (QED) is 0.667. The molecule has 1 aliphatic heterocycles. The van der Waals surface area contributed by atoms with Crippen molar-refractivity contribution in [1.29, 1.82) is 0 Å². The number of para-hydroxylation sites is 1. The van der Waals surface area contributed by atoms with Crippen molar-refractivity contribution in [3.05, 3.63) is 76.6 Å². The van der Waals surface area contributed by atoms with Crippen molar-refractivity contribution in [1.82, 2.24) is 14.7 Å². The predicted molar refractivity (Wildman–Crippen MR) is 112 cm³/mol. The van der Waals surface area contributed by atoms with E-state index in [0.717, 1.165) is 49.1 Å². The van der Waals surface area contributed by atoms with E-state index in [2.05, 4.69) is 64.7 Å². The van der Waals surface area contributed by atoms with E-state index in [1.165, 1.54) is 16.9 Å². The third-order valence-corrected chi connectivity index (χ3v) is 5.66. The molecular formula is C22H25ClN4. The SMILES string of the molecule is Cc1nn(-c2ccccc2)c(C)c1N1CCN(Cc2ccccc2Cl)CC1. The van der Waals surface area contributed by atoms with E-state index in [1.807, 2.05) is 18.2 Å². The van der Waals surface area contributed by atoms with Gasteiger partial charge in [0.05, 0.1) is 22.8 Å². The Hall–Kier alpha value is -2.30. The predicted octanol–water partition coefficient (Wildman–Crippen LogP) is 4.46. The zero-order chi connectivity index (χ0) is 18.8. The maximum absolute atomic E-state index is 6.32. The molecule has 0 radical (unpaired) electrons. The van der Waals surface area contributed by atoms with Crippen LogP contribution in [0.4, 0.5) is 5.69 Å². The smallest absolute Gasteiger partial charge is 0.0834 e. The van der Waals surface area contributed by atoms with E-state index in [-0.39, 0.29) is 0 Å². The maximum Gasteiger partial charge on any atom is 0.0834 e. The van der Waals surface area contributed by atoms with Gasteiger partial charge in [-0.2, -0.15) is 5.10 Å². The lowest BCUT2D eigenvalue weighted by atomic mass is 10.2. The van der Waals surface area contributed by atoms with E-state index in [0.29, 0.717) is 0 Å². The van der Waals surface area contributed by atoms with Crippen LogP contribution in [-0.2, 0) is 6.54 Å². The van der Waals surface area contributed by atoms with Crippen molar-refractivity contribution in [2.75, 3.05) is 31.1 Å². The number of aromatic nitrogens is 2. The largest absolute Gasteiger partial charge is 0.366 e. The topological polar surface area (TPSA) is 24.3 Å². The van der Waals surface area contributed by atoms with Crippen molar-refractivity contribution in [3.63, 3.8) is 0 Å². The third-order valence-electron chi connectivity index (χ3n) is 5.29. The lowest BCUT2D eigenvalue weighted by Gasteiger charge is -2.36. The lowest BCUT2D eigenvalue weighted by Crippen LogP contribution is -2.46. The summed E-state index contributed by atoms with van der Waals surface area (Å²) in [6, 6.07) is 18.5. The number of piperazine rings is 1. The van der Waals surface area contributed by atoms with Crippen molar-refractivity contribution in [2.24, 2.45) is 0 Å². The molecule has 0 N–H and O–H groups in total. The van der Waals surface area contributed by atoms with Crippen LogP contribution in [0.3, 0.4) is 0 Å². The molecule has 4 rings (SSSR count). The van der Waals surface area contributed by atoms with Crippen LogP contribution in [0.5, 0.6) is 0 Å². The standard InChI is InChI=1S/C22H25ClN4/c1-17-22(18(2)27(24-17)20-9-4-3-5-10-20)26-14-12-25(13-15-26)16-19-8-6-7-11-21(19)23/h3-11H,12-16H2,1-2H3. The highest BCUT2D eigenvalue weighted by molar-refractivity contribution is 6.31. The molecule has 140 valence electrons. The summed E-state index contributed by atoms with van der Waals surface area (Å²) < 4.78 is 2.06. The maximum atomic E-state index is 6.32. The summed E-state index contributed by atoms with van der Waals surface area (Å²) in [6.45, 7) is 9.26. The second-order valence-corrected chi connectivity index (χ2v) is 7.53. The average Bonchev–Trinajstić information content (AvgIpc) is 2.99. The second-order valence-electron chi connectivity index (χ2n) is 7.12. The molecule has 3 aromatic rings. The van der Waals surface area contributed by atoms with E-state index < -0.39 is 0 Å². The summed E-state index contributed by atoms with van der Waals surface area (Å²) in [5.74, 6) is 0. The molecule has 1 aromatic heterocycles. The molecule has 0 bridgehead atoms. The molecule has 0 spiro atoms. The number of hydrogen-bond acceptors (Lipinski definition) is 3.